The highest BCUT2D eigenvalue weighted by molar-refractivity contribution is 6.30. The number of unbranched alkanes of at least 4 members (excludes halogenated alkanes) is 1. The van der Waals surface area contributed by atoms with Gasteiger partial charge in [0.2, 0.25) is 0 Å². The molecule has 0 bridgehead atoms. The van der Waals surface area contributed by atoms with Crippen molar-refractivity contribution >= 4 is 11.6 Å². The van der Waals surface area contributed by atoms with Gasteiger partial charge in [-0.1, -0.05) is 44.0 Å². The van der Waals surface area contributed by atoms with E-state index in [-0.39, 0.29) is 0 Å². The van der Waals surface area contributed by atoms with Crippen molar-refractivity contribution in [2.45, 2.75) is 39.2 Å². The lowest BCUT2D eigenvalue weighted by Gasteiger charge is -2.22. The Morgan fingerprint density at radius 3 is 2.42 bits per heavy atom. The van der Waals surface area contributed by atoms with Crippen LogP contribution in [0.3, 0.4) is 0 Å². The molecule has 1 N–H and O–H groups in total. The zero-order valence-electron chi connectivity index (χ0n) is 12.5. The van der Waals surface area contributed by atoms with Crippen molar-refractivity contribution in [1.82, 2.24) is 10.2 Å². The third-order valence-corrected chi connectivity index (χ3v) is 3.67. The van der Waals surface area contributed by atoms with Gasteiger partial charge in [0.25, 0.3) is 0 Å². The molecule has 3 heteroatoms. The maximum absolute atomic E-state index is 5.95. The van der Waals surface area contributed by atoms with Crippen molar-refractivity contribution in [3.8, 4) is 0 Å². The molecule has 0 fully saturated rings. The first-order valence-electron chi connectivity index (χ1n) is 7.34. The molecule has 1 atom stereocenters. The van der Waals surface area contributed by atoms with Gasteiger partial charge in [0, 0.05) is 11.1 Å². The van der Waals surface area contributed by atoms with Crippen molar-refractivity contribution in [1.29, 1.82) is 0 Å². The molecule has 19 heavy (non-hydrogen) atoms. The van der Waals surface area contributed by atoms with Crippen LogP contribution in [0.15, 0.2) is 24.3 Å². The molecule has 0 heterocycles. The fourth-order valence-corrected chi connectivity index (χ4v) is 2.34. The maximum atomic E-state index is 5.95. The Balaban J connectivity index is 2.50. The fourth-order valence-electron chi connectivity index (χ4n) is 2.22. The number of benzene rings is 1. The Morgan fingerprint density at radius 1 is 1.16 bits per heavy atom. The molecule has 0 amide bonds. The van der Waals surface area contributed by atoms with Gasteiger partial charge < -0.3 is 10.2 Å². The molecule has 1 aromatic rings. The molecule has 0 aliphatic carbocycles. The van der Waals surface area contributed by atoms with Crippen molar-refractivity contribution in [2.75, 3.05) is 26.7 Å². The van der Waals surface area contributed by atoms with Crippen LogP contribution in [0.5, 0.6) is 0 Å². The first kappa shape index (κ1) is 16.5. The average molecular weight is 283 g/mol. The second kappa shape index (κ2) is 9.35. The molecule has 0 spiro atoms. The number of hydrogen-bond acceptors (Lipinski definition) is 2. The molecule has 0 aromatic heterocycles. The van der Waals surface area contributed by atoms with Gasteiger partial charge in [-0.2, -0.15) is 0 Å². The predicted octanol–water partition coefficient (Wildman–Crippen LogP) is 4.11. The molecule has 0 radical (unpaired) electrons. The van der Waals surface area contributed by atoms with Gasteiger partial charge in [0.15, 0.2) is 0 Å². The lowest BCUT2D eigenvalue weighted by molar-refractivity contribution is 0.303. The van der Waals surface area contributed by atoms with Crippen molar-refractivity contribution < 1.29 is 0 Å². The highest BCUT2D eigenvalue weighted by Crippen LogP contribution is 2.19. The van der Waals surface area contributed by atoms with Gasteiger partial charge in [-0.15, -0.1) is 0 Å². The van der Waals surface area contributed by atoms with E-state index in [0.29, 0.717) is 6.04 Å². The third kappa shape index (κ3) is 6.42. The molecule has 0 aliphatic rings. The zero-order chi connectivity index (χ0) is 14.1. The minimum Gasteiger partial charge on any atom is -0.310 e. The summed E-state index contributed by atoms with van der Waals surface area (Å²) >= 11 is 5.95. The van der Waals surface area contributed by atoms with E-state index < -0.39 is 0 Å². The Bertz CT molecular complexity index is 337. The Kier molecular flexibility index (Phi) is 8.11. The van der Waals surface area contributed by atoms with E-state index in [1.54, 1.807) is 0 Å². The summed E-state index contributed by atoms with van der Waals surface area (Å²) in [7, 11) is 2.21. The summed E-state index contributed by atoms with van der Waals surface area (Å²) in [6.45, 7) is 7.70. The van der Waals surface area contributed by atoms with Crippen LogP contribution in [0.1, 0.15) is 44.7 Å². The SMILES string of the molecule is CCCCN(C)CCC(NCC)c1ccc(Cl)cc1. The molecule has 0 aliphatic heterocycles. The fraction of sp³-hybridized carbons (Fsp3) is 0.625. The summed E-state index contributed by atoms with van der Waals surface area (Å²) in [4.78, 5) is 2.42. The van der Waals surface area contributed by atoms with E-state index in [1.165, 1.54) is 24.9 Å². The highest BCUT2D eigenvalue weighted by atomic mass is 35.5. The van der Waals surface area contributed by atoms with E-state index in [0.717, 1.165) is 24.5 Å². The lowest BCUT2D eigenvalue weighted by Crippen LogP contribution is -2.27. The number of hydrogen-bond donors (Lipinski definition) is 1. The van der Waals surface area contributed by atoms with Crippen LogP contribution in [0.25, 0.3) is 0 Å². The van der Waals surface area contributed by atoms with E-state index in [2.05, 4.69) is 43.2 Å². The van der Waals surface area contributed by atoms with Crippen LogP contribution in [0.4, 0.5) is 0 Å². The minimum absolute atomic E-state index is 0.423. The van der Waals surface area contributed by atoms with Crippen molar-refractivity contribution in [3.63, 3.8) is 0 Å². The van der Waals surface area contributed by atoms with Crippen LogP contribution in [-0.2, 0) is 0 Å². The predicted molar refractivity (Wildman–Crippen MR) is 84.9 cm³/mol. The normalized spacial score (nSPS) is 12.9. The van der Waals surface area contributed by atoms with Gasteiger partial charge in [-0.3, -0.25) is 0 Å². The van der Waals surface area contributed by atoms with Gasteiger partial charge >= 0.3 is 0 Å². The number of halogens is 1. The molecule has 1 rings (SSSR count). The average Bonchev–Trinajstić information content (AvgIpc) is 2.42. The number of rotatable bonds is 9. The smallest absolute Gasteiger partial charge is 0.0406 e. The van der Waals surface area contributed by atoms with Gasteiger partial charge in [0.05, 0.1) is 0 Å². The molecule has 108 valence electrons. The highest BCUT2D eigenvalue weighted by Gasteiger charge is 2.11. The minimum atomic E-state index is 0.423. The van der Waals surface area contributed by atoms with E-state index >= 15 is 0 Å². The van der Waals surface area contributed by atoms with E-state index in [4.69, 9.17) is 11.6 Å². The van der Waals surface area contributed by atoms with Crippen molar-refractivity contribution in [3.05, 3.63) is 34.9 Å². The second-order valence-electron chi connectivity index (χ2n) is 5.11. The molecule has 0 saturated carbocycles. The van der Waals surface area contributed by atoms with Crippen LogP contribution in [0.2, 0.25) is 5.02 Å². The molecular formula is C16H27ClN2. The third-order valence-electron chi connectivity index (χ3n) is 3.42. The Morgan fingerprint density at radius 2 is 1.84 bits per heavy atom. The van der Waals surface area contributed by atoms with Crippen LogP contribution >= 0.6 is 11.6 Å². The summed E-state index contributed by atoms with van der Waals surface area (Å²) in [5, 5.41) is 4.36. The topological polar surface area (TPSA) is 15.3 Å². The first-order chi connectivity index (χ1) is 9.17. The summed E-state index contributed by atoms with van der Waals surface area (Å²) in [5.74, 6) is 0. The van der Waals surface area contributed by atoms with Gasteiger partial charge in [-0.25, -0.2) is 0 Å². The molecule has 1 unspecified atom stereocenters. The summed E-state index contributed by atoms with van der Waals surface area (Å²) in [6.07, 6.45) is 3.68. The van der Waals surface area contributed by atoms with Gasteiger partial charge in [0.1, 0.15) is 0 Å². The first-order valence-corrected chi connectivity index (χ1v) is 7.72. The standard InChI is InChI=1S/C16H27ClN2/c1-4-6-12-19(3)13-11-16(18-5-2)14-7-9-15(17)10-8-14/h7-10,16,18H,4-6,11-13H2,1-3H3. The molecule has 2 nitrogen and oxygen atoms in total. The number of nitrogens with zero attached hydrogens (tertiary/aromatic N) is 1. The Labute approximate surface area is 123 Å². The zero-order valence-corrected chi connectivity index (χ0v) is 13.2. The summed E-state index contributed by atoms with van der Waals surface area (Å²) in [6, 6.07) is 8.62. The van der Waals surface area contributed by atoms with Crippen molar-refractivity contribution in [2.24, 2.45) is 0 Å². The maximum Gasteiger partial charge on any atom is 0.0406 e. The molecule has 1 aromatic carbocycles. The van der Waals surface area contributed by atoms with E-state index in [1.807, 2.05) is 12.1 Å². The molecule has 0 saturated heterocycles. The largest absolute Gasteiger partial charge is 0.310 e. The lowest BCUT2D eigenvalue weighted by atomic mass is 10.0. The molecular weight excluding hydrogens is 256 g/mol. The summed E-state index contributed by atoms with van der Waals surface area (Å²) < 4.78 is 0. The quantitative estimate of drug-likeness (QED) is 0.733. The Hall–Kier alpha value is -0.570. The van der Waals surface area contributed by atoms with Crippen LogP contribution < -0.4 is 5.32 Å². The van der Waals surface area contributed by atoms with E-state index in [9.17, 15) is 0 Å². The van der Waals surface area contributed by atoms with Gasteiger partial charge in [-0.05, 0) is 57.2 Å². The van der Waals surface area contributed by atoms with Crippen LogP contribution in [-0.4, -0.2) is 31.6 Å². The van der Waals surface area contributed by atoms with Crippen LogP contribution in [0, 0.1) is 0 Å². The monoisotopic (exact) mass is 282 g/mol. The summed E-state index contributed by atoms with van der Waals surface area (Å²) in [5.41, 5.74) is 1.33. The second-order valence-corrected chi connectivity index (χ2v) is 5.54. The number of nitrogens with one attached hydrogen (secondary N) is 1.